The molecule has 1 fully saturated rings. The summed E-state index contributed by atoms with van der Waals surface area (Å²) in [4.78, 5) is 11.7. The largest absolute Gasteiger partial charge is 0.416 e. The first-order chi connectivity index (χ1) is 9.37. The molecule has 3 nitrogen and oxygen atoms in total. The van der Waals surface area contributed by atoms with Crippen molar-refractivity contribution in [3.63, 3.8) is 0 Å². The Morgan fingerprint density at radius 1 is 1.35 bits per heavy atom. The van der Waals surface area contributed by atoms with E-state index in [2.05, 4.69) is 5.32 Å². The number of carbonyl (C=O) groups excluding carboxylic acids is 1. The number of carbonyl (C=O) groups is 1. The highest BCUT2D eigenvalue weighted by Crippen LogP contribution is 2.42. The molecule has 0 saturated heterocycles. The summed E-state index contributed by atoms with van der Waals surface area (Å²) in [5, 5.41) is 2.84. The maximum atomic E-state index is 12.8. The van der Waals surface area contributed by atoms with Gasteiger partial charge in [-0.2, -0.15) is 13.2 Å². The standard InChI is InChI=1S/C14H17F3N2O/c15-14(16,17)11-4-1-3-10(9-11)13(6-2-7-13)19-12(20)5-8-18/h1,3-4,9H,2,5-8,18H2,(H,19,20). The van der Waals surface area contributed by atoms with Crippen LogP contribution in [-0.4, -0.2) is 12.5 Å². The third kappa shape index (κ3) is 2.95. The second kappa shape index (κ2) is 5.44. The number of halogens is 3. The van der Waals surface area contributed by atoms with Crippen molar-refractivity contribution in [1.82, 2.24) is 5.32 Å². The summed E-state index contributed by atoms with van der Waals surface area (Å²) in [6.07, 6.45) is -1.99. The molecule has 1 aromatic carbocycles. The van der Waals surface area contributed by atoms with Crippen molar-refractivity contribution in [2.24, 2.45) is 5.73 Å². The van der Waals surface area contributed by atoms with Crippen LogP contribution in [0.25, 0.3) is 0 Å². The van der Waals surface area contributed by atoms with Gasteiger partial charge in [-0.25, -0.2) is 0 Å². The summed E-state index contributed by atoms with van der Waals surface area (Å²) >= 11 is 0. The van der Waals surface area contributed by atoms with Crippen molar-refractivity contribution in [2.75, 3.05) is 6.54 Å². The molecule has 1 aliphatic carbocycles. The second-order valence-corrected chi connectivity index (χ2v) is 5.10. The third-order valence-electron chi connectivity index (χ3n) is 3.70. The molecule has 1 aliphatic rings. The number of nitrogens with two attached hydrogens (primary N) is 1. The van der Waals surface area contributed by atoms with Crippen LogP contribution in [0.1, 0.15) is 36.8 Å². The van der Waals surface area contributed by atoms with E-state index in [1.807, 2.05) is 0 Å². The first-order valence-electron chi connectivity index (χ1n) is 6.56. The van der Waals surface area contributed by atoms with Gasteiger partial charge < -0.3 is 11.1 Å². The normalized spacial score (nSPS) is 17.4. The highest BCUT2D eigenvalue weighted by atomic mass is 19.4. The average Bonchev–Trinajstić information content (AvgIpc) is 2.33. The molecule has 2 rings (SSSR count). The molecular weight excluding hydrogens is 269 g/mol. The van der Waals surface area contributed by atoms with Crippen LogP contribution in [-0.2, 0) is 16.5 Å². The first-order valence-corrected chi connectivity index (χ1v) is 6.56. The van der Waals surface area contributed by atoms with E-state index in [1.165, 1.54) is 6.07 Å². The zero-order valence-corrected chi connectivity index (χ0v) is 11.0. The lowest BCUT2D eigenvalue weighted by atomic mass is 9.71. The van der Waals surface area contributed by atoms with Gasteiger partial charge in [-0.3, -0.25) is 4.79 Å². The third-order valence-corrected chi connectivity index (χ3v) is 3.70. The fraction of sp³-hybridized carbons (Fsp3) is 0.500. The maximum absolute atomic E-state index is 12.8. The van der Waals surface area contributed by atoms with Gasteiger partial charge in [0.2, 0.25) is 5.91 Å². The smallest absolute Gasteiger partial charge is 0.347 e. The Morgan fingerprint density at radius 3 is 2.55 bits per heavy atom. The summed E-state index contributed by atoms with van der Waals surface area (Å²) in [5.41, 5.74) is 4.49. The highest BCUT2D eigenvalue weighted by molar-refractivity contribution is 5.77. The number of hydrogen-bond acceptors (Lipinski definition) is 2. The fourth-order valence-electron chi connectivity index (χ4n) is 2.47. The van der Waals surface area contributed by atoms with Crippen LogP contribution in [0.5, 0.6) is 0 Å². The first kappa shape index (κ1) is 14.8. The Kier molecular flexibility index (Phi) is 4.04. The summed E-state index contributed by atoms with van der Waals surface area (Å²) < 4.78 is 38.3. The Morgan fingerprint density at radius 2 is 2.05 bits per heavy atom. The minimum Gasteiger partial charge on any atom is -0.347 e. The summed E-state index contributed by atoms with van der Waals surface area (Å²) in [5.74, 6) is -0.218. The molecule has 0 atom stereocenters. The van der Waals surface area contributed by atoms with Crippen molar-refractivity contribution in [2.45, 2.75) is 37.4 Å². The molecule has 0 spiro atoms. The number of benzene rings is 1. The van der Waals surface area contributed by atoms with E-state index < -0.39 is 17.3 Å². The molecule has 3 N–H and O–H groups in total. The van der Waals surface area contributed by atoms with E-state index in [0.29, 0.717) is 18.4 Å². The Hall–Kier alpha value is -1.56. The molecule has 0 radical (unpaired) electrons. The lowest BCUT2D eigenvalue weighted by molar-refractivity contribution is -0.137. The zero-order chi connectivity index (χ0) is 14.8. The Labute approximate surface area is 115 Å². The van der Waals surface area contributed by atoms with E-state index in [-0.39, 0.29) is 18.9 Å². The molecule has 1 saturated carbocycles. The molecule has 1 aromatic rings. The second-order valence-electron chi connectivity index (χ2n) is 5.10. The van der Waals surface area contributed by atoms with Gasteiger partial charge in [0.25, 0.3) is 0 Å². The number of hydrogen-bond donors (Lipinski definition) is 2. The van der Waals surface area contributed by atoms with E-state index in [1.54, 1.807) is 6.07 Å². The van der Waals surface area contributed by atoms with Crippen molar-refractivity contribution in [3.8, 4) is 0 Å². The monoisotopic (exact) mass is 286 g/mol. The van der Waals surface area contributed by atoms with E-state index in [4.69, 9.17) is 5.73 Å². The number of nitrogens with one attached hydrogen (secondary N) is 1. The average molecular weight is 286 g/mol. The zero-order valence-electron chi connectivity index (χ0n) is 11.0. The minimum atomic E-state index is -4.37. The van der Waals surface area contributed by atoms with Crippen LogP contribution in [0.3, 0.4) is 0 Å². The van der Waals surface area contributed by atoms with Crippen molar-refractivity contribution >= 4 is 5.91 Å². The molecule has 1 amide bonds. The Balaban J connectivity index is 2.25. The van der Waals surface area contributed by atoms with Gasteiger partial charge in [0, 0.05) is 13.0 Å². The molecule has 0 aromatic heterocycles. The summed E-state index contributed by atoms with van der Waals surface area (Å²) in [6, 6.07) is 5.18. The molecule has 110 valence electrons. The van der Waals surface area contributed by atoms with Gasteiger partial charge in [0.15, 0.2) is 0 Å². The SMILES string of the molecule is NCCC(=O)NC1(c2cccc(C(F)(F)F)c2)CCC1. The van der Waals surface area contributed by atoms with Gasteiger partial charge in [0.05, 0.1) is 11.1 Å². The number of amides is 1. The Bertz CT molecular complexity index is 495. The number of alkyl halides is 3. The molecule has 20 heavy (non-hydrogen) atoms. The van der Waals surface area contributed by atoms with Gasteiger partial charge in [0.1, 0.15) is 0 Å². The molecule has 6 heteroatoms. The van der Waals surface area contributed by atoms with Gasteiger partial charge in [-0.05, 0) is 37.0 Å². The van der Waals surface area contributed by atoms with Crippen molar-refractivity contribution in [3.05, 3.63) is 35.4 Å². The van der Waals surface area contributed by atoms with Crippen LogP contribution < -0.4 is 11.1 Å². The summed E-state index contributed by atoms with van der Waals surface area (Å²) in [6.45, 7) is 0.227. The molecule has 0 heterocycles. The lowest BCUT2D eigenvalue weighted by Crippen LogP contribution is -2.51. The topological polar surface area (TPSA) is 55.1 Å². The molecule has 0 unspecified atom stereocenters. The fourth-order valence-corrected chi connectivity index (χ4v) is 2.47. The molecular formula is C14H17F3N2O. The maximum Gasteiger partial charge on any atom is 0.416 e. The quantitative estimate of drug-likeness (QED) is 0.893. The van der Waals surface area contributed by atoms with E-state index >= 15 is 0 Å². The van der Waals surface area contributed by atoms with E-state index in [9.17, 15) is 18.0 Å². The van der Waals surface area contributed by atoms with Gasteiger partial charge in [-0.15, -0.1) is 0 Å². The highest BCUT2D eigenvalue weighted by Gasteiger charge is 2.41. The van der Waals surface area contributed by atoms with E-state index in [0.717, 1.165) is 18.6 Å². The van der Waals surface area contributed by atoms with Crippen molar-refractivity contribution in [1.29, 1.82) is 0 Å². The molecule has 0 aliphatic heterocycles. The van der Waals surface area contributed by atoms with Crippen LogP contribution >= 0.6 is 0 Å². The molecule has 0 bridgehead atoms. The lowest BCUT2D eigenvalue weighted by Gasteiger charge is -2.43. The number of rotatable bonds is 4. The van der Waals surface area contributed by atoms with Crippen molar-refractivity contribution < 1.29 is 18.0 Å². The minimum absolute atomic E-state index is 0.181. The van der Waals surface area contributed by atoms with Crippen LogP contribution in [0, 0.1) is 0 Å². The van der Waals surface area contributed by atoms with Crippen LogP contribution in [0.2, 0.25) is 0 Å². The van der Waals surface area contributed by atoms with Crippen LogP contribution in [0.4, 0.5) is 13.2 Å². The summed E-state index contributed by atoms with van der Waals surface area (Å²) in [7, 11) is 0. The van der Waals surface area contributed by atoms with Crippen LogP contribution in [0.15, 0.2) is 24.3 Å². The van der Waals surface area contributed by atoms with Gasteiger partial charge >= 0.3 is 6.18 Å². The predicted octanol–water partition coefficient (Wildman–Crippen LogP) is 2.55. The predicted molar refractivity (Wildman–Crippen MR) is 68.8 cm³/mol. The van der Waals surface area contributed by atoms with Gasteiger partial charge in [-0.1, -0.05) is 12.1 Å².